The second-order valence-electron chi connectivity index (χ2n) is 3.11. The van der Waals surface area contributed by atoms with Crippen LogP contribution in [0.5, 0.6) is 0 Å². The van der Waals surface area contributed by atoms with Gasteiger partial charge < -0.3 is 11.1 Å². The van der Waals surface area contributed by atoms with E-state index in [-0.39, 0.29) is 0 Å². The van der Waals surface area contributed by atoms with E-state index in [4.69, 9.17) is 5.73 Å². The van der Waals surface area contributed by atoms with Gasteiger partial charge in [0, 0.05) is 6.04 Å². The Morgan fingerprint density at radius 3 is 2.90 bits per heavy atom. The Bertz CT molecular complexity index is 81.3. The van der Waals surface area contributed by atoms with Gasteiger partial charge in [0.15, 0.2) is 0 Å². The third kappa shape index (κ3) is 1.70. The molecule has 0 aliphatic carbocycles. The molecule has 1 saturated heterocycles. The Hall–Kier alpha value is -0.0800. The molecule has 0 aromatic rings. The van der Waals surface area contributed by atoms with Gasteiger partial charge in [-0.3, -0.25) is 0 Å². The Balaban J connectivity index is 2.34. The molecule has 0 amide bonds. The standard InChI is InChI=1S/C8H18N2/c1-2-8-7(6-9)4-3-5-10-8/h7-8,10H,2-6,9H2,1H3/t7-,8-/m1/s1. The number of nitrogens with two attached hydrogens (primary N) is 1. The molecule has 1 aliphatic rings. The fraction of sp³-hybridized carbons (Fsp3) is 1.00. The van der Waals surface area contributed by atoms with E-state index in [9.17, 15) is 0 Å². The van der Waals surface area contributed by atoms with Gasteiger partial charge >= 0.3 is 0 Å². The summed E-state index contributed by atoms with van der Waals surface area (Å²) in [6, 6.07) is 0.693. The fourth-order valence-electron chi connectivity index (χ4n) is 1.78. The first-order valence-electron chi connectivity index (χ1n) is 4.32. The van der Waals surface area contributed by atoms with Gasteiger partial charge in [0.1, 0.15) is 0 Å². The first kappa shape index (κ1) is 8.02. The van der Waals surface area contributed by atoms with Crippen LogP contribution in [0.3, 0.4) is 0 Å². The molecule has 2 heteroatoms. The predicted molar refractivity (Wildman–Crippen MR) is 43.9 cm³/mol. The second-order valence-corrected chi connectivity index (χ2v) is 3.11. The van der Waals surface area contributed by atoms with Gasteiger partial charge in [-0.1, -0.05) is 6.92 Å². The molecule has 0 bridgehead atoms. The molecule has 0 unspecified atom stereocenters. The molecule has 2 atom stereocenters. The molecular weight excluding hydrogens is 124 g/mol. The number of hydrogen-bond donors (Lipinski definition) is 2. The molecule has 60 valence electrons. The smallest absolute Gasteiger partial charge is 0.0105 e. The SMILES string of the molecule is CC[C@H]1NCCC[C@@H]1CN. The topological polar surface area (TPSA) is 38.0 Å². The van der Waals surface area contributed by atoms with Crippen LogP contribution in [0.25, 0.3) is 0 Å². The van der Waals surface area contributed by atoms with Crippen LogP contribution in [0.4, 0.5) is 0 Å². The maximum Gasteiger partial charge on any atom is 0.0105 e. The van der Waals surface area contributed by atoms with Crippen LogP contribution in [0.15, 0.2) is 0 Å². The first-order chi connectivity index (χ1) is 4.88. The molecule has 0 aromatic heterocycles. The molecule has 1 aliphatic heterocycles. The largest absolute Gasteiger partial charge is 0.330 e. The molecule has 10 heavy (non-hydrogen) atoms. The summed E-state index contributed by atoms with van der Waals surface area (Å²) in [6.07, 6.45) is 3.85. The van der Waals surface area contributed by atoms with Gasteiger partial charge in [0.05, 0.1) is 0 Å². The maximum absolute atomic E-state index is 5.63. The van der Waals surface area contributed by atoms with E-state index in [2.05, 4.69) is 12.2 Å². The highest BCUT2D eigenvalue weighted by atomic mass is 14.9. The van der Waals surface area contributed by atoms with Crippen LogP contribution >= 0.6 is 0 Å². The summed E-state index contributed by atoms with van der Waals surface area (Å²) in [5, 5.41) is 3.49. The molecule has 3 N–H and O–H groups in total. The van der Waals surface area contributed by atoms with E-state index < -0.39 is 0 Å². The molecule has 1 heterocycles. The minimum atomic E-state index is 0.693. The van der Waals surface area contributed by atoms with Crippen LogP contribution in [0, 0.1) is 5.92 Å². The summed E-state index contributed by atoms with van der Waals surface area (Å²) in [6.45, 7) is 4.27. The maximum atomic E-state index is 5.63. The lowest BCUT2D eigenvalue weighted by atomic mass is 9.89. The number of hydrogen-bond acceptors (Lipinski definition) is 2. The highest BCUT2D eigenvalue weighted by Crippen LogP contribution is 2.16. The summed E-state index contributed by atoms with van der Waals surface area (Å²) < 4.78 is 0. The zero-order valence-corrected chi connectivity index (χ0v) is 6.77. The minimum absolute atomic E-state index is 0.693. The van der Waals surface area contributed by atoms with Gasteiger partial charge in [0.25, 0.3) is 0 Å². The number of piperidine rings is 1. The third-order valence-corrected chi connectivity index (χ3v) is 2.47. The van der Waals surface area contributed by atoms with E-state index in [1.807, 2.05) is 0 Å². The highest BCUT2D eigenvalue weighted by molar-refractivity contribution is 4.80. The summed E-state index contributed by atoms with van der Waals surface area (Å²) >= 11 is 0. The van der Waals surface area contributed by atoms with E-state index in [0.717, 1.165) is 12.5 Å². The van der Waals surface area contributed by atoms with Crippen molar-refractivity contribution in [1.82, 2.24) is 5.32 Å². The highest BCUT2D eigenvalue weighted by Gasteiger charge is 2.20. The van der Waals surface area contributed by atoms with Crippen molar-refractivity contribution < 1.29 is 0 Å². The molecule has 1 fully saturated rings. The van der Waals surface area contributed by atoms with Crippen LogP contribution in [0.1, 0.15) is 26.2 Å². The lowest BCUT2D eigenvalue weighted by Crippen LogP contribution is -2.43. The van der Waals surface area contributed by atoms with E-state index in [1.165, 1.54) is 25.8 Å². The van der Waals surface area contributed by atoms with Gasteiger partial charge in [-0.15, -0.1) is 0 Å². The number of rotatable bonds is 2. The summed E-state index contributed by atoms with van der Waals surface area (Å²) in [4.78, 5) is 0. The van der Waals surface area contributed by atoms with Gasteiger partial charge in [-0.25, -0.2) is 0 Å². The quantitative estimate of drug-likeness (QED) is 0.596. The zero-order valence-electron chi connectivity index (χ0n) is 6.77. The molecule has 1 rings (SSSR count). The average Bonchev–Trinajstić information content (AvgIpc) is 2.04. The second kappa shape index (κ2) is 3.94. The molecule has 0 aromatic carbocycles. The Labute approximate surface area is 63.2 Å². The third-order valence-electron chi connectivity index (χ3n) is 2.47. The van der Waals surface area contributed by atoms with Gasteiger partial charge in [-0.05, 0) is 38.3 Å². The minimum Gasteiger partial charge on any atom is -0.330 e. The van der Waals surface area contributed by atoms with Crippen LogP contribution in [-0.4, -0.2) is 19.1 Å². The van der Waals surface area contributed by atoms with Crippen LogP contribution in [-0.2, 0) is 0 Å². The molecule has 0 radical (unpaired) electrons. The van der Waals surface area contributed by atoms with Crippen molar-refractivity contribution in [3.05, 3.63) is 0 Å². The molecule has 0 saturated carbocycles. The molecular formula is C8H18N2. The zero-order chi connectivity index (χ0) is 7.40. The van der Waals surface area contributed by atoms with Crippen molar-refractivity contribution >= 4 is 0 Å². The Kier molecular flexibility index (Phi) is 3.16. The molecule has 0 spiro atoms. The van der Waals surface area contributed by atoms with E-state index >= 15 is 0 Å². The van der Waals surface area contributed by atoms with Crippen molar-refractivity contribution in [2.45, 2.75) is 32.2 Å². The normalized spacial score (nSPS) is 34.2. The lowest BCUT2D eigenvalue weighted by molar-refractivity contribution is 0.280. The van der Waals surface area contributed by atoms with Crippen molar-refractivity contribution in [3.63, 3.8) is 0 Å². The summed E-state index contributed by atoms with van der Waals surface area (Å²) in [5.41, 5.74) is 5.63. The Morgan fingerprint density at radius 2 is 2.40 bits per heavy atom. The fourth-order valence-corrected chi connectivity index (χ4v) is 1.78. The van der Waals surface area contributed by atoms with E-state index in [1.54, 1.807) is 0 Å². The van der Waals surface area contributed by atoms with Crippen molar-refractivity contribution in [2.24, 2.45) is 11.7 Å². The van der Waals surface area contributed by atoms with Crippen LogP contribution in [0.2, 0.25) is 0 Å². The Morgan fingerprint density at radius 1 is 1.60 bits per heavy atom. The average molecular weight is 142 g/mol. The lowest BCUT2D eigenvalue weighted by Gasteiger charge is -2.30. The van der Waals surface area contributed by atoms with Crippen molar-refractivity contribution in [1.29, 1.82) is 0 Å². The number of nitrogens with one attached hydrogen (secondary N) is 1. The van der Waals surface area contributed by atoms with Gasteiger partial charge in [0.2, 0.25) is 0 Å². The summed E-state index contributed by atoms with van der Waals surface area (Å²) in [7, 11) is 0. The summed E-state index contributed by atoms with van der Waals surface area (Å²) in [5.74, 6) is 0.735. The molecule has 2 nitrogen and oxygen atoms in total. The van der Waals surface area contributed by atoms with Crippen LogP contribution < -0.4 is 11.1 Å². The van der Waals surface area contributed by atoms with Gasteiger partial charge in [-0.2, -0.15) is 0 Å². The van der Waals surface area contributed by atoms with Crippen molar-refractivity contribution in [2.75, 3.05) is 13.1 Å². The van der Waals surface area contributed by atoms with E-state index in [0.29, 0.717) is 6.04 Å². The van der Waals surface area contributed by atoms with Crippen molar-refractivity contribution in [3.8, 4) is 0 Å². The first-order valence-corrected chi connectivity index (χ1v) is 4.32. The predicted octanol–water partition coefficient (Wildman–Crippen LogP) is 0.723. The monoisotopic (exact) mass is 142 g/mol.